The molecule has 3 atom stereocenters. The van der Waals surface area contributed by atoms with Gasteiger partial charge in [-0.3, -0.25) is 9.78 Å². The molecule has 0 aliphatic carbocycles. The summed E-state index contributed by atoms with van der Waals surface area (Å²) in [7, 11) is 0. The number of fused-ring (bicyclic) bond motifs is 2. The van der Waals surface area contributed by atoms with Gasteiger partial charge in [0.2, 0.25) is 5.95 Å². The smallest absolute Gasteiger partial charge is 0.349 e. The SMILES string of the molecule is O=C(c1cccc(F)c1-c1ccccn1)N1C2CCC1C(Nc1ncc(C(F)(F)F)cn1)C2. The Labute approximate surface area is 186 Å². The average molecular weight is 457 g/mol. The molecule has 10 heteroatoms. The molecule has 1 amide bonds. The fraction of sp³-hybridized carbons (Fsp3) is 0.304. The summed E-state index contributed by atoms with van der Waals surface area (Å²) >= 11 is 0. The van der Waals surface area contributed by atoms with Gasteiger partial charge in [-0.05, 0) is 43.5 Å². The highest BCUT2D eigenvalue weighted by Gasteiger charge is 2.49. The summed E-state index contributed by atoms with van der Waals surface area (Å²) in [5, 5.41) is 3.08. The van der Waals surface area contributed by atoms with Gasteiger partial charge < -0.3 is 10.2 Å². The van der Waals surface area contributed by atoms with Gasteiger partial charge in [0, 0.05) is 30.2 Å². The van der Waals surface area contributed by atoms with Crippen molar-refractivity contribution in [2.45, 2.75) is 43.6 Å². The molecule has 1 N–H and O–H groups in total. The van der Waals surface area contributed by atoms with E-state index in [0.717, 1.165) is 25.2 Å². The Bertz CT molecular complexity index is 1170. The van der Waals surface area contributed by atoms with Gasteiger partial charge in [0.05, 0.1) is 28.9 Å². The zero-order valence-corrected chi connectivity index (χ0v) is 17.3. The lowest BCUT2D eigenvalue weighted by Gasteiger charge is -2.26. The summed E-state index contributed by atoms with van der Waals surface area (Å²) in [6.07, 6.45) is 0.632. The Balaban J connectivity index is 1.39. The molecule has 0 radical (unpaired) electrons. The lowest BCUT2D eigenvalue weighted by molar-refractivity contribution is -0.138. The van der Waals surface area contributed by atoms with E-state index < -0.39 is 17.6 Å². The number of alkyl halides is 3. The van der Waals surface area contributed by atoms with Crippen LogP contribution >= 0.6 is 0 Å². The van der Waals surface area contributed by atoms with Crippen molar-refractivity contribution in [1.29, 1.82) is 0 Å². The molecule has 2 aliphatic heterocycles. The molecule has 0 saturated carbocycles. The predicted octanol–water partition coefficient (Wildman–Crippen LogP) is 4.55. The second-order valence-electron chi connectivity index (χ2n) is 8.17. The van der Waals surface area contributed by atoms with Crippen LogP contribution in [0, 0.1) is 5.82 Å². The first kappa shape index (κ1) is 21.3. The summed E-state index contributed by atoms with van der Waals surface area (Å²) in [6, 6.07) is 9.01. The maximum Gasteiger partial charge on any atom is 0.419 e. The minimum absolute atomic E-state index is 0.0608. The number of nitrogens with one attached hydrogen (secondary N) is 1. The highest BCUT2D eigenvalue weighted by atomic mass is 19.4. The number of aromatic nitrogens is 3. The molecule has 3 unspecified atom stereocenters. The lowest BCUT2D eigenvalue weighted by atomic mass is 9.96. The standard InChI is InChI=1S/C23H19F4N5O/c24-16-5-3-4-15(20(16)17-6-1-2-9-28-17)21(33)32-14-7-8-19(32)18(10-14)31-22-29-11-13(12-30-22)23(25,26)27/h1-6,9,11-12,14,18-19H,7-8,10H2,(H,29,30,31). The van der Waals surface area contributed by atoms with E-state index in [-0.39, 0.29) is 41.1 Å². The van der Waals surface area contributed by atoms with Gasteiger partial charge in [-0.25, -0.2) is 14.4 Å². The van der Waals surface area contributed by atoms with Crippen LogP contribution in [0.3, 0.4) is 0 Å². The Hall–Kier alpha value is -3.56. The normalized spacial score (nSPS) is 21.9. The van der Waals surface area contributed by atoms with E-state index in [1.165, 1.54) is 12.1 Å². The molecule has 33 heavy (non-hydrogen) atoms. The molecule has 2 fully saturated rings. The third kappa shape index (κ3) is 3.90. The molecule has 2 bridgehead atoms. The minimum atomic E-state index is -4.51. The van der Waals surface area contributed by atoms with Crippen molar-refractivity contribution >= 4 is 11.9 Å². The van der Waals surface area contributed by atoms with Gasteiger partial charge in [-0.15, -0.1) is 0 Å². The second-order valence-corrected chi connectivity index (χ2v) is 8.17. The van der Waals surface area contributed by atoms with E-state index in [2.05, 4.69) is 20.3 Å². The van der Waals surface area contributed by atoms with E-state index in [1.807, 2.05) is 0 Å². The van der Waals surface area contributed by atoms with Crippen LogP contribution in [0.15, 0.2) is 55.0 Å². The first-order valence-corrected chi connectivity index (χ1v) is 10.5. The molecular formula is C23H19F4N5O. The quantitative estimate of drug-likeness (QED) is 0.582. The van der Waals surface area contributed by atoms with E-state index in [0.29, 0.717) is 12.1 Å². The summed E-state index contributed by atoms with van der Waals surface area (Å²) < 4.78 is 53.0. The molecular weight excluding hydrogens is 438 g/mol. The van der Waals surface area contributed by atoms with Crippen LogP contribution in [0.4, 0.5) is 23.5 Å². The number of benzene rings is 1. The van der Waals surface area contributed by atoms with Gasteiger partial charge in [-0.1, -0.05) is 12.1 Å². The maximum atomic E-state index is 14.8. The number of rotatable bonds is 4. The van der Waals surface area contributed by atoms with Crippen molar-refractivity contribution in [3.63, 3.8) is 0 Å². The van der Waals surface area contributed by atoms with Crippen LogP contribution < -0.4 is 5.32 Å². The zero-order valence-electron chi connectivity index (χ0n) is 17.3. The molecule has 0 spiro atoms. The number of carbonyl (C=O) groups is 1. The Morgan fingerprint density at radius 2 is 1.82 bits per heavy atom. The van der Waals surface area contributed by atoms with Gasteiger partial charge in [0.1, 0.15) is 5.82 Å². The number of hydrogen-bond donors (Lipinski definition) is 1. The third-order valence-corrected chi connectivity index (χ3v) is 6.23. The summed E-state index contributed by atoms with van der Waals surface area (Å²) in [5.74, 6) is -0.743. The fourth-order valence-electron chi connectivity index (χ4n) is 4.79. The number of nitrogens with zero attached hydrogens (tertiary/aromatic N) is 4. The number of carbonyl (C=O) groups excluding carboxylic acids is 1. The number of hydrogen-bond acceptors (Lipinski definition) is 5. The fourth-order valence-corrected chi connectivity index (χ4v) is 4.79. The molecule has 2 aromatic heterocycles. The Kier molecular flexibility index (Phi) is 5.22. The van der Waals surface area contributed by atoms with Gasteiger partial charge in [0.25, 0.3) is 5.91 Å². The highest BCUT2D eigenvalue weighted by molar-refractivity contribution is 6.01. The van der Waals surface area contributed by atoms with Crippen LogP contribution in [0.2, 0.25) is 0 Å². The topological polar surface area (TPSA) is 71.0 Å². The Morgan fingerprint density at radius 1 is 1.03 bits per heavy atom. The maximum absolute atomic E-state index is 14.8. The van der Waals surface area contributed by atoms with Crippen molar-refractivity contribution in [1.82, 2.24) is 19.9 Å². The lowest BCUT2D eigenvalue weighted by Crippen LogP contribution is -2.40. The number of halogens is 4. The van der Waals surface area contributed by atoms with Gasteiger partial charge in [-0.2, -0.15) is 13.2 Å². The molecule has 170 valence electrons. The van der Waals surface area contributed by atoms with Crippen molar-refractivity contribution in [2.24, 2.45) is 0 Å². The van der Waals surface area contributed by atoms with Crippen molar-refractivity contribution in [2.75, 3.05) is 5.32 Å². The predicted molar refractivity (Wildman–Crippen MR) is 112 cm³/mol. The molecule has 2 aliphatic rings. The van der Waals surface area contributed by atoms with Crippen LogP contribution in [0.1, 0.15) is 35.2 Å². The number of amides is 1. The van der Waals surface area contributed by atoms with Crippen LogP contribution in [0.25, 0.3) is 11.3 Å². The van der Waals surface area contributed by atoms with E-state index >= 15 is 0 Å². The van der Waals surface area contributed by atoms with E-state index in [4.69, 9.17) is 0 Å². The van der Waals surface area contributed by atoms with Crippen LogP contribution in [-0.4, -0.2) is 43.9 Å². The number of anilines is 1. The first-order chi connectivity index (χ1) is 15.8. The average Bonchev–Trinajstić information content (AvgIpc) is 3.36. The monoisotopic (exact) mass is 457 g/mol. The first-order valence-electron chi connectivity index (χ1n) is 10.5. The molecule has 1 aromatic carbocycles. The van der Waals surface area contributed by atoms with E-state index in [1.54, 1.807) is 35.4 Å². The minimum Gasteiger partial charge on any atom is -0.349 e. The molecule has 2 saturated heterocycles. The summed E-state index contributed by atoms with van der Waals surface area (Å²) in [5.41, 5.74) is -0.161. The summed E-state index contributed by atoms with van der Waals surface area (Å²) in [6.45, 7) is 0. The van der Waals surface area contributed by atoms with E-state index in [9.17, 15) is 22.4 Å². The number of pyridine rings is 1. The molecule has 5 rings (SSSR count). The second kappa shape index (κ2) is 8.09. The van der Waals surface area contributed by atoms with Gasteiger partial charge >= 0.3 is 6.18 Å². The zero-order chi connectivity index (χ0) is 23.2. The van der Waals surface area contributed by atoms with Crippen molar-refractivity contribution in [3.8, 4) is 11.3 Å². The highest BCUT2D eigenvalue weighted by Crippen LogP contribution is 2.41. The Morgan fingerprint density at radius 3 is 2.52 bits per heavy atom. The third-order valence-electron chi connectivity index (χ3n) is 6.23. The summed E-state index contributed by atoms with van der Waals surface area (Å²) in [4.78, 5) is 27.1. The molecule has 4 heterocycles. The molecule has 6 nitrogen and oxygen atoms in total. The molecule has 3 aromatic rings. The van der Waals surface area contributed by atoms with Crippen LogP contribution in [-0.2, 0) is 6.18 Å². The van der Waals surface area contributed by atoms with Crippen molar-refractivity contribution in [3.05, 3.63) is 71.9 Å². The van der Waals surface area contributed by atoms with Crippen molar-refractivity contribution < 1.29 is 22.4 Å². The van der Waals surface area contributed by atoms with Crippen LogP contribution in [0.5, 0.6) is 0 Å². The largest absolute Gasteiger partial charge is 0.419 e. The van der Waals surface area contributed by atoms with Gasteiger partial charge in [0.15, 0.2) is 0 Å².